The van der Waals surface area contributed by atoms with E-state index in [-0.39, 0.29) is 12.3 Å². The van der Waals surface area contributed by atoms with Crippen LogP contribution >= 0.6 is 15.9 Å². The number of hydrogen-bond donors (Lipinski definition) is 1. The highest BCUT2D eigenvalue weighted by Gasteiger charge is 2.20. The van der Waals surface area contributed by atoms with Gasteiger partial charge in [-0.15, -0.1) is 0 Å². The molecule has 22 heavy (non-hydrogen) atoms. The van der Waals surface area contributed by atoms with Gasteiger partial charge in [0.05, 0.1) is 12.2 Å². The quantitative estimate of drug-likeness (QED) is 0.740. The zero-order valence-corrected chi connectivity index (χ0v) is 12.8. The minimum atomic E-state index is -0.980. The summed E-state index contributed by atoms with van der Waals surface area (Å²) in [5, 5.41) is 13.5. The van der Waals surface area contributed by atoms with Crippen molar-refractivity contribution in [3.05, 3.63) is 64.1 Å². The lowest BCUT2D eigenvalue weighted by Crippen LogP contribution is -1.91. The third-order valence-electron chi connectivity index (χ3n) is 3.26. The Labute approximate surface area is 133 Å². The van der Waals surface area contributed by atoms with Crippen LogP contribution in [0.2, 0.25) is 0 Å². The van der Waals surface area contributed by atoms with Gasteiger partial charge in [0.25, 0.3) is 0 Å². The SMILES string of the molecule is OCc1c(-c2ccc(F)c(F)c2)noc1-c1ccccc1Br. The summed E-state index contributed by atoms with van der Waals surface area (Å²) in [6, 6.07) is 10.7. The van der Waals surface area contributed by atoms with Crippen molar-refractivity contribution in [2.45, 2.75) is 6.61 Å². The van der Waals surface area contributed by atoms with Crippen molar-refractivity contribution < 1.29 is 18.4 Å². The van der Waals surface area contributed by atoms with E-state index in [9.17, 15) is 13.9 Å². The van der Waals surface area contributed by atoms with E-state index in [0.717, 1.165) is 16.6 Å². The van der Waals surface area contributed by atoms with Crippen LogP contribution in [0.25, 0.3) is 22.6 Å². The van der Waals surface area contributed by atoms with Gasteiger partial charge in [0.1, 0.15) is 5.69 Å². The minimum absolute atomic E-state index is 0.284. The van der Waals surface area contributed by atoms with E-state index in [1.807, 2.05) is 18.2 Å². The monoisotopic (exact) mass is 365 g/mol. The van der Waals surface area contributed by atoms with Gasteiger partial charge in [-0.05, 0) is 30.3 Å². The molecule has 6 heteroatoms. The molecule has 0 atom stereocenters. The lowest BCUT2D eigenvalue weighted by molar-refractivity contribution is 0.281. The topological polar surface area (TPSA) is 46.3 Å². The maximum absolute atomic E-state index is 13.4. The molecule has 1 heterocycles. The third kappa shape index (κ3) is 2.55. The fourth-order valence-electron chi connectivity index (χ4n) is 2.18. The first kappa shape index (κ1) is 14.9. The Kier molecular flexibility index (Phi) is 4.04. The van der Waals surface area contributed by atoms with Crippen LogP contribution in [0.3, 0.4) is 0 Å². The summed E-state index contributed by atoms with van der Waals surface area (Å²) in [4.78, 5) is 0. The molecule has 0 aliphatic carbocycles. The highest BCUT2D eigenvalue weighted by molar-refractivity contribution is 9.10. The number of aromatic nitrogens is 1. The van der Waals surface area contributed by atoms with E-state index in [1.54, 1.807) is 6.07 Å². The summed E-state index contributed by atoms with van der Waals surface area (Å²) in [6.45, 7) is -0.339. The van der Waals surface area contributed by atoms with E-state index >= 15 is 0 Å². The Morgan fingerprint density at radius 1 is 1.09 bits per heavy atom. The van der Waals surface area contributed by atoms with Crippen molar-refractivity contribution in [1.29, 1.82) is 0 Å². The second-order valence-electron chi connectivity index (χ2n) is 4.61. The minimum Gasteiger partial charge on any atom is -0.391 e. The molecule has 0 saturated heterocycles. The normalized spacial score (nSPS) is 10.9. The summed E-state index contributed by atoms with van der Waals surface area (Å²) in [6.07, 6.45) is 0. The van der Waals surface area contributed by atoms with Gasteiger partial charge in [-0.3, -0.25) is 0 Å². The van der Waals surface area contributed by atoms with Gasteiger partial charge in [-0.25, -0.2) is 8.78 Å². The van der Waals surface area contributed by atoms with E-state index in [0.29, 0.717) is 22.5 Å². The molecule has 0 unspecified atom stereocenters. The summed E-state index contributed by atoms with van der Waals surface area (Å²) in [5.74, 6) is -1.54. The van der Waals surface area contributed by atoms with Crippen LogP contribution in [0.4, 0.5) is 8.78 Å². The summed E-state index contributed by atoms with van der Waals surface area (Å²) < 4.78 is 32.5. The smallest absolute Gasteiger partial charge is 0.174 e. The highest BCUT2D eigenvalue weighted by Crippen LogP contribution is 2.36. The number of benzene rings is 2. The first-order valence-corrected chi connectivity index (χ1v) is 7.21. The Hall–Kier alpha value is -2.05. The predicted molar refractivity (Wildman–Crippen MR) is 80.9 cm³/mol. The lowest BCUT2D eigenvalue weighted by atomic mass is 10.0. The average Bonchev–Trinajstić information content (AvgIpc) is 2.94. The maximum atomic E-state index is 13.4. The molecule has 0 amide bonds. The van der Waals surface area contributed by atoms with Crippen molar-refractivity contribution in [3.8, 4) is 22.6 Å². The molecule has 3 aromatic rings. The molecule has 0 aliphatic heterocycles. The molecule has 112 valence electrons. The van der Waals surface area contributed by atoms with Crippen LogP contribution in [-0.4, -0.2) is 10.3 Å². The van der Waals surface area contributed by atoms with Crippen molar-refractivity contribution >= 4 is 15.9 Å². The Morgan fingerprint density at radius 2 is 1.86 bits per heavy atom. The molecule has 1 aromatic heterocycles. The number of hydrogen-bond acceptors (Lipinski definition) is 3. The van der Waals surface area contributed by atoms with Gasteiger partial charge in [-0.2, -0.15) is 0 Å². The van der Waals surface area contributed by atoms with Crippen molar-refractivity contribution in [1.82, 2.24) is 5.16 Å². The van der Waals surface area contributed by atoms with Crippen LogP contribution in [0.5, 0.6) is 0 Å². The Morgan fingerprint density at radius 3 is 2.55 bits per heavy atom. The predicted octanol–water partition coefficient (Wildman–Crippen LogP) is 4.54. The number of nitrogens with zero attached hydrogens (tertiary/aromatic N) is 1. The number of aliphatic hydroxyl groups excluding tert-OH is 1. The highest BCUT2D eigenvalue weighted by atomic mass is 79.9. The molecule has 0 saturated carbocycles. The largest absolute Gasteiger partial charge is 0.391 e. The van der Waals surface area contributed by atoms with Crippen LogP contribution in [0, 0.1) is 11.6 Å². The second-order valence-corrected chi connectivity index (χ2v) is 5.46. The molecule has 0 bridgehead atoms. The molecule has 2 aromatic carbocycles. The van der Waals surface area contributed by atoms with Gasteiger partial charge in [-0.1, -0.05) is 33.2 Å². The van der Waals surface area contributed by atoms with Gasteiger partial charge < -0.3 is 9.63 Å². The molecule has 0 aliphatic rings. The van der Waals surface area contributed by atoms with Gasteiger partial charge in [0, 0.05) is 15.6 Å². The third-order valence-corrected chi connectivity index (χ3v) is 3.95. The van der Waals surface area contributed by atoms with Crippen molar-refractivity contribution in [2.75, 3.05) is 0 Å². The van der Waals surface area contributed by atoms with Crippen molar-refractivity contribution in [3.63, 3.8) is 0 Å². The zero-order chi connectivity index (χ0) is 15.7. The molecular formula is C16H10BrF2NO2. The fourth-order valence-corrected chi connectivity index (χ4v) is 2.65. The average molecular weight is 366 g/mol. The molecule has 1 N–H and O–H groups in total. The van der Waals surface area contributed by atoms with Gasteiger partial charge in [0.15, 0.2) is 17.4 Å². The van der Waals surface area contributed by atoms with E-state index in [1.165, 1.54) is 6.07 Å². The second kappa shape index (κ2) is 5.98. The van der Waals surface area contributed by atoms with Crippen LogP contribution in [0.15, 0.2) is 51.5 Å². The van der Waals surface area contributed by atoms with Gasteiger partial charge in [0.2, 0.25) is 0 Å². The standard InChI is InChI=1S/C16H10BrF2NO2/c17-12-4-2-1-3-10(12)16-11(8-21)15(20-22-16)9-5-6-13(18)14(19)7-9/h1-7,21H,8H2. The zero-order valence-electron chi connectivity index (χ0n) is 11.2. The summed E-state index contributed by atoms with van der Waals surface area (Å²) in [7, 11) is 0. The summed E-state index contributed by atoms with van der Waals surface area (Å²) >= 11 is 3.40. The molecule has 3 rings (SSSR count). The molecule has 0 radical (unpaired) electrons. The number of aliphatic hydroxyl groups is 1. The fraction of sp³-hybridized carbons (Fsp3) is 0.0625. The number of rotatable bonds is 3. The summed E-state index contributed by atoms with van der Waals surface area (Å²) in [5.41, 5.74) is 1.75. The first-order chi connectivity index (χ1) is 10.6. The van der Waals surface area contributed by atoms with E-state index in [4.69, 9.17) is 4.52 Å². The molecular weight excluding hydrogens is 356 g/mol. The van der Waals surface area contributed by atoms with E-state index < -0.39 is 11.6 Å². The van der Waals surface area contributed by atoms with Crippen LogP contribution in [0.1, 0.15) is 5.56 Å². The van der Waals surface area contributed by atoms with Crippen LogP contribution in [-0.2, 0) is 6.61 Å². The van der Waals surface area contributed by atoms with Gasteiger partial charge >= 0.3 is 0 Å². The van der Waals surface area contributed by atoms with Crippen molar-refractivity contribution in [2.24, 2.45) is 0 Å². The van der Waals surface area contributed by atoms with Crippen LogP contribution < -0.4 is 0 Å². The Balaban J connectivity index is 2.15. The molecule has 0 fully saturated rings. The molecule has 0 spiro atoms. The molecule has 3 nitrogen and oxygen atoms in total. The van der Waals surface area contributed by atoms with E-state index in [2.05, 4.69) is 21.1 Å². The maximum Gasteiger partial charge on any atom is 0.174 e. The first-order valence-electron chi connectivity index (χ1n) is 6.41. The lowest BCUT2D eigenvalue weighted by Gasteiger charge is -2.03. The Bertz CT molecular complexity index is 833. The number of halogens is 3.